The molecular weight excluding hydrogens is 208 g/mol. The lowest BCUT2D eigenvalue weighted by molar-refractivity contribution is -0.385. The van der Waals surface area contributed by atoms with Crippen molar-refractivity contribution in [3.8, 4) is 0 Å². The van der Waals surface area contributed by atoms with E-state index in [2.05, 4.69) is 0 Å². The average molecular weight is 217 g/mol. The normalized spacial score (nSPS) is 11.4. The van der Waals surface area contributed by atoms with Crippen molar-refractivity contribution >= 4 is 18.1 Å². The molecule has 4 nitrogen and oxygen atoms in total. The molecule has 6 heteroatoms. The minimum absolute atomic E-state index is 0.0445. The molecule has 0 unspecified atom stereocenters. The van der Waals surface area contributed by atoms with Crippen LogP contribution in [0.25, 0.3) is 0 Å². The standard InChI is InChI=1S/C8H9FNO3P/c1-14(2,13)8-4-3-6(10(11)12)5-7(8)9/h3-5H,1-2H3. The SMILES string of the molecule is CP(C)(=O)c1ccc([N+](=O)[O-])cc1F. The second kappa shape index (κ2) is 3.50. The Hall–Kier alpha value is -1.22. The van der Waals surface area contributed by atoms with E-state index in [1.165, 1.54) is 19.4 Å². The quantitative estimate of drug-likeness (QED) is 0.432. The van der Waals surface area contributed by atoms with Crippen LogP contribution in [0.3, 0.4) is 0 Å². The molecule has 0 saturated carbocycles. The van der Waals surface area contributed by atoms with Crippen molar-refractivity contribution in [2.45, 2.75) is 0 Å². The van der Waals surface area contributed by atoms with Crippen molar-refractivity contribution in [3.63, 3.8) is 0 Å². The maximum atomic E-state index is 13.2. The highest BCUT2D eigenvalue weighted by Crippen LogP contribution is 2.36. The molecule has 0 amide bonds. The number of nitro groups is 1. The van der Waals surface area contributed by atoms with Crippen molar-refractivity contribution in [2.24, 2.45) is 0 Å². The third-order valence-corrected chi connectivity index (χ3v) is 3.25. The van der Waals surface area contributed by atoms with Gasteiger partial charge in [0.2, 0.25) is 0 Å². The van der Waals surface area contributed by atoms with Crippen molar-refractivity contribution < 1.29 is 13.9 Å². The first-order chi connectivity index (χ1) is 6.32. The van der Waals surface area contributed by atoms with Crippen molar-refractivity contribution in [2.75, 3.05) is 13.3 Å². The molecule has 14 heavy (non-hydrogen) atoms. The average Bonchev–Trinajstić information content (AvgIpc) is 2.01. The summed E-state index contributed by atoms with van der Waals surface area (Å²) >= 11 is 0. The molecule has 0 radical (unpaired) electrons. The summed E-state index contributed by atoms with van der Waals surface area (Å²) in [5, 5.41) is 10.3. The molecule has 76 valence electrons. The highest BCUT2D eigenvalue weighted by Gasteiger charge is 2.19. The van der Waals surface area contributed by atoms with Gasteiger partial charge in [-0.1, -0.05) is 0 Å². The molecule has 0 aliphatic heterocycles. The van der Waals surface area contributed by atoms with E-state index in [0.29, 0.717) is 0 Å². The Kier molecular flexibility index (Phi) is 2.71. The number of hydrogen-bond acceptors (Lipinski definition) is 3. The molecule has 0 aromatic heterocycles. The van der Waals surface area contributed by atoms with Gasteiger partial charge in [0.1, 0.15) is 13.0 Å². The van der Waals surface area contributed by atoms with E-state index in [9.17, 15) is 19.1 Å². The van der Waals surface area contributed by atoms with E-state index in [4.69, 9.17) is 0 Å². The second-order valence-corrected chi connectivity index (χ2v) is 6.43. The second-order valence-electron chi connectivity index (χ2n) is 3.24. The molecule has 0 N–H and O–H groups in total. The van der Waals surface area contributed by atoms with Gasteiger partial charge < -0.3 is 4.57 Å². The Labute approximate surface area is 80.3 Å². The van der Waals surface area contributed by atoms with Crippen molar-refractivity contribution in [1.29, 1.82) is 0 Å². The van der Waals surface area contributed by atoms with Gasteiger partial charge in [-0.25, -0.2) is 4.39 Å². The summed E-state index contributed by atoms with van der Waals surface area (Å²) in [6, 6.07) is 3.14. The van der Waals surface area contributed by atoms with Crippen LogP contribution in [0.2, 0.25) is 0 Å². The van der Waals surface area contributed by atoms with Crippen LogP contribution in [0.15, 0.2) is 18.2 Å². The maximum absolute atomic E-state index is 13.2. The molecule has 0 saturated heterocycles. The molecule has 0 aliphatic carbocycles. The molecule has 0 atom stereocenters. The first-order valence-corrected chi connectivity index (χ1v) is 6.42. The van der Waals surface area contributed by atoms with Crippen LogP contribution in [0.1, 0.15) is 0 Å². The van der Waals surface area contributed by atoms with Gasteiger partial charge in [0.25, 0.3) is 5.69 Å². The van der Waals surface area contributed by atoms with Gasteiger partial charge in [0.15, 0.2) is 0 Å². The van der Waals surface area contributed by atoms with E-state index in [1.807, 2.05) is 0 Å². The minimum Gasteiger partial charge on any atom is -0.319 e. The largest absolute Gasteiger partial charge is 0.319 e. The molecule has 0 fully saturated rings. The summed E-state index contributed by atoms with van der Waals surface area (Å²) in [5.74, 6) is -0.785. The Bertz CT molecular complexity index is 427. The van der Waals surface area contributed by atoms with Crippen LogP contribution in [0.5, 0.6) is 0 Å². The lowest BCUT2D eigenvalue weighted by Gasteiger charge is -2.07. The fraction of sp³-hybridized carbons (Fsp3) is 0.250. The summed E-state index contributed by atoms with van der Waals surface area (Å²) in [4.78, 5) is 9.59. The molecular formula is C8H9FNO3P. The van der Waals surface area contributed by atoms with E-state index in [1.54, 1.807) is 0 Å². The molecule has 0 aliphatic rings. The highest BCUT2D eigenvalue weighted by molar-refractivity contribution is 7.70. The van der Waals surface area contributed by atoms with E-state index in [-0.39, 0.29) is 11.0 Å². The predicted octanol–water partition coefficient (Wildman–Crippen LogP) is 1.98. The van der Waals surface area contributed by atoms with Gasteiger partial charge in [0, 0.05) is 11.4 Å². The zero-order valence-electron chi connectivity index (χ0n) is 7.73. The summed E-state index contributed by atoms with van der Waals surface area (Å²) < 4.78 is 24.7. The monoisotopic (exact) mass is 217 g/mol. The fourth-order valence-corrected chi connectivity index (χ4v) is 2.06. The molecule has 1 aromatic rings. The number of rotatable bonds is 2. The van der Waals surface area contributed by atoms with Crippen LogP contribution in [0, 0.1) is 15.9 Å². The van der Waals surface area contributed by atoms with E-state index in [0.717, 1.165) is 12.1 Å². The lowest BCUT2D eigenvalue weighted by atomic mass is 10.3. The summed E-state index contributed by atoms with van der Waals surface area (Å²) in [7, 11) is -2.70. The number of non-ortho nitro benzene ring substituents is 1. The van der Waals surface area contributed by atoms with Crippen LogP contribution in [-0.4, -0.2) is 18.3 Å². The minimum atomic E-state index is -2.70. The maximum Gasteiger partial charge on any atom is 0.272 e. The third kappa shape index (κ3) is 2.17. The lowest BCUT2D eigenvalue weighted by Crippen LogP contribution is -2.08. The first kappa shape index (κ1) is 10.9. The summed E-state index contributed by atoms with van der Waals surface area (Å²) in [5.41, 5.74) is -0.334. The highest BCUT2D eigenvalue weighted by atomic mass is 31.2. The summed E-state index contributed by atoms with van der Waals surface area (Å²) in [6.07, 6.45) is 0. The van der Waals surface area contributed by atoms with Crippen LogP contribution < -0.4 is 5.30 Å². The predicted molar refractivity (Wildman–Crippen MR) is 52.1 cm³/mol. The van der Waals surface area contributed by atoms with Crippen molar-refractivity contribution in [3.05, 3.63) is 34.1 Å². The van der Waals surface area contributed by atoms with Crippen molar-refractivity contribution in [1.82, 2.24) is 0 Å². The molecule has 0 spiro atoms. The van der Waals surface area contributed by atoms with E-state index < -0.39 is 17.9 Å². The Balaban J connectivity index is 3.28. The van der Waals surface area contributed by atoms with Gasteiger partial charge in [-0.2, -0.15) is 0 Å². The zero-order chi connectivity index (χ0) is 10.9. The molecule has 1 aromatic carbocycles. The zero-order valence-corrected chi connectivity index (χ0v) is 8.62. The topological polar surface area (TPSA) is 60.2 Å². The van der Waals surface area contributed by atoms with Crippen LogP contribution in [0.4, 0.5) is 10.1 Å². The Morgan fingerprint density at radius 2 is 2.00 bits per heavy atom. The van der Waals surface area contributed by atoms with Gasteiger partial charge in [0.05, 0.1) is 11.0 Å². The summed E-state index contributed by atoms with van der Waals surface area (Å²) in [6.45, 7) is 2.83. The number of halogens is 1. The number of hydrogen-bond donors (Lipinski definition) is 0. The number of benzene rings is 1. The van der Waals surface area contributed by atoms with Gasteiger partial charge in [-0.3, -0.25) is 10.1 Å². The molecule has 0 heterocycles. The Morgan fingerprint density at radius 1 is 1.43 bits per heavy atom. The smallest absolute Gasteiger partial charge is 0.272 e. The molecule has 0 bridgehead atoms. The van der Waals surface area contributed by atoms with Crippen LogP contribution in [-0.2, 0) is 4.57 Å². The van der Waals surface area contributed by atoms with Gasteiger partial charge in [-0.15, -0.1) is 0 Å². The fourth-order valence-electron chi connectivity index (χ4n) is 1.05. The van der Waals surface area contributed by atoms with Gasteiger partial charge in [-0.05, 0) is 19.4 Å². The Morgan fingerprint density at radius 3 is 2.36 bits per heavy atom. The molecule has 1 rings (SSSR count). The third-order valence-electron chi connectivity index (χ3n) is 1.72. The number of nitro benzene ring substituents is 1. The van der Waals surface area contributed by atoms with Gasteiger partial charge >= 0.3 is 0 Å². The first-order valence-electron chi connectivity index (χ1n) is 3.82. The number of nitrogens with zero attached hydrogens (tertiary/aromatic N) is 1. The van der Waals surface area contributed by atoms with E-state index >= 15 is 0 Å². The van der Waals surface area contributed by atoms with Crippen LogP contribution >= 0.6 is 7.14 Å².